The fourth-order valence-corrected chi connectivity index (χ4v) is 7.04. The fraction of sp³-hybridized carbons (Fsp3) is 0.264. The van der Waals surface area contributed by atoms with Crippen molar-refractivity contribution in [1.82, 2.24) is 0 Å². The predicted octanol–water partition coefficient (Wildman–Crippen LogP) is 14.1. The summed E-state index contributed by atoms with van der Waals surface area (Å²) in [6.45, 7) is 8.87. The molecule has 0 N–H and O–H groups in total. The van der Waals surface area contributed by atoms with E-state index in [2.05, 4.69) is 192 Å². The topological polar surface area (TPSA) is 20.3 Å². The van der Waals surface area contributed by atoms with Gasteiger partial charge in [0.1, 0.15) is 6.29 Å². The molecule has 5 aromatic carbocycles. The van der Waals surface area contributed by atoms with Gasteiger partial charge in [-0.3, -0.25) is 4.79 Å². The fourth-order valence-electron chi connectivity index (χ4n) is 7.04. The van der Waals surface area contributed by atoms with E-state index in [1.54, 1.807) is 0 Å². The number of nitrogens with zero attached hydrogens (tertiary/aromatic N) is 1. The molecule has 0 atom stereocenters. The van der Waals surface area contributed by atoms with E-state index in [1.165, 1.54) is 66.9 Å². The third-order valence-electron chi connectivity index (χ3n) is 10.1. The van der Waals surface area contributed by atoms with Crippen LogP contribution in [0.4, 0.5) is 5.69 Å². The van der Waals surface area contributed by atoms with Gasteiger partial charge in [0, 0.05) is 25.3 Å². The lowest BCUT2D eigenvalue weighted by molar-refractivity contribution is 0.112. The number of benzene rings is 5. The second kappa shape index (κ2) is 20.8. The minimum atomic E-state index is 0.835. The molecule has 0 unspecified atom stereocenters. The highest BCUT2D eigenvalue weighted by molar-refractivity contribution is 5.81. The van der Waals surface area contributed by atoms with Gasteiger partial charge in [0.05, 0.1) is 0 Å². The van der Waals surface area contributed by atoms with Crippen LogP contribution in [0.5, 0.6) is 0 Å². The SMILES string of the molecule is CCCc1cc(/C=C/c2ccc(/C=C/c3cc(CCC)c(/C=C/c4ccc(/C=C/c5ccc(N(C)C)cc5)cc4)cc3CCC)cc2)c(CCC)cc1C=O. The standard InChI is InChI=1S/C53H59NO/c1-7-11-45-36-50(31-26-42-20-22-43(23-21-42)27-32-51-37-48(14-10-4)52(39-55)38-47(51)13-9-3)46(12-8-2)35-49(45)30-25-41-18-15-40(16-19-41)17-24-44-28-33-53(34-29-44)54(5)6/h15-39H,7-14H2,1-6H3/b24-17+,30-25+,31-26+,32-27+. The van der Waals surface area contributed by atoms with Gasteiger partial charge < -0.3 is 4.90 Å². The molecule has 0 saturated carbocycles. The van der Waals surface area contributed by atoms with E-state index in [9.17, 15) is 4.79 Å². The first-order valence-electron chi connectivity index (χ1n) is 20.3. The van der Waals surface area contributed by atoms with E-state index in [1.807, 2.05) is 0 Å². The summed E-state index contributed by atoms with van der Waals surface area (Å²) in [4.78, 5) is 13.9. The Labute approximate surface area is 331 Å². The van der Waals surface area contributed by atoms with Crippen molar-refractivity contribution >= 4 is 60.6 Å². The van der Waals surface area contributed by atoms with Crippen LogP contribution in [0.2, 0.25) is 0 Å². The molecule has 2 nitrogen and oxygen atoms in total. The smallest absolute Gasteiger partial charge is 0.150 e. The molecule has 0 amide bonds. The summed E-state index contributed by atoms with van der Waals surface area (Å²) in [5.74, 6) is 0. The molecule has 0 fully saturated rings. The van der Waals surface area contributed by atoms with E-state index >= 15 is 0 Å². The lowest BCUT2D eigenvalue weighted by Gasteiger charge is -2.13. The van der Waals surface area contributed by atoms with Crippen LogP contribution in [-0.4, -0.2) is 20.4 Å². The number of carbonyl (C=O) groups is 1. The monoisotopic (exact) mass is 725 g/mol. The highest BCUT2D eigenvalue weighted by atomic mass is 16.1. The third-order valence-corrected chi connectivity index (χ3v) is 10.1. The second-order valence-corrected chi connectivity index (χ2v) is 14.8. The van der Waals surface area contributed by atoms with Crippen LogP contribution in [0.25, 0.3) is 48.6 Å². The first-order valence-corrected chi connectivity index (χ1v) is 20.3. The van der Waals surface area contributed by atoms with E-state index in [0.29, 0.717) is 0 Å². The van der Waals surface area contributed by atoms with E-state index in [0.717, 1.165) is 68.8 Å². The van der Waals surface area contributed by atoms with Crippen LogP contribution in [0.3, 0.4) is 0 Å². The molecule has 5 aromatic rings. The van der Waals surface area contributed by atoms with Crippen molar-refractivity contribution in [3.8, 4) is 0 Å². The molecule has 0 aromatic heterocycles. The lowest BCUT2D eigenvalue weighted by atomic mass is 9.92. The highest BCUT2D eigenvalue weighted by Gasteiger charge is 2.09. The molecule has 282 valence electrons. The van der Waals surface area contributed by atoms with E-state index in [4.69, 9.17) is 0 Å². The van der Waals surface area contributed by atoms with Crippen molar-refractivity contribution in [3.05, 3.63) is 169 Å². The van der Waals surface area contributed by atoms with Crippen molar-refractivity contribution < 1.29 is 4.79 Å². The molecule has 0 saturated heterocycles. The average Bonchev–Trinajstić information content (AvgIpc) is 3.20. The first kappa shape index (κ1) is 40.7. The van der Waals surface area contributed by atoms with Crippen molar-refractivity contribution in [2.45, 2.75) is 79.1 Å². The average molecular weight is 726 g/mol. The Morgan fingerprint density at radius 2 is 0.636 bits per heavy atom. The van der Waals surface area contributed by atoms with Crippen LogP contribution in [0, 0.1) is 0 Å². The maximum atomic E-state index is 11.8. The minimum Gasteiger partial charge on any atom is -0.378 e. The molecule has 0 heterocycles. The summed E-state index contributed by atoms with van der Waals surface area (Å²) in [6.07, 6.45) is 27.1. The normalized spacial score (nSPS) is 11.8. The lowest BCUT2D eigenvalue weighted by Crippen LogP contribution is -2.07. The quantitative estimate of drug-likeness (QED) is 0.0662. The highest BCUT2D eigenvalue weighted by Crippen LogP contribution is 2.26. The number of aldehydes is 1. The maximum Gasteiger partial charge on any atom is 0.150 e. The summed E-state index contributed by atoms with van der Waals surface area (Å²) >= 11 is 0. The summed E-state index contributed by atoms with van der Waals surface area (Å²) in [7, 11) is 4.13. The molecular formula is C53H59NO. The van der Waals surface area contributed by atoms with Crippen LogP contribution in [0.15, 0.2) is 97.1 Å². The first-order chi connectivity index (χ1) is 26.8. The molecule has 0 bridgehead atoms. The van der Waals surface area contributed by atoms with Gasteiger partial charge in [-0.05, 0) is 111 Å². The molecule has 0 aliphatic carbocycles. The molecule has 2 heteroatoms. The molecule has 55 heavy (non-hydrogen) atoms. The summed E-state index contributed by atoms with van der Waals surface area (Å²) in [6, 6.07) is 35.3. The largest absolute Gasteiger partial charge is 0.378 e. The third kappa shape index (κ3) is 11.8. The Bertz CT molecular complexity index is 2110. The van der Waals surface area contributed by atoms with Gasteiger partial charge in [-0.2, -0.15) is 0 Å². The van der Waals surface area contributed by atoms with Gasteiger partial charge >= 0.3 is 0 Å². The van der Waals surface area contributed by atoms with Gasteiger partial charge in [-0.25, -0.2) is 0 Å². The zero-order valence-corrected chi connectivity index (χ0v) is 33.9. The number of anilines is 1. The van der Waals surface area contributed by atoms with Gasteiger partial charge in [0.15, 0.2) is 0 Å². The van der Waals surface area contributed by atoms with E-state index < -0.39 is 0 Å². The Morgan fingerprint density at radius 1 is 0.382 bits per heavy atom. The molecule has 0 aliphatic heterocycles. The molecule has 0 radical (unpaired) electrons. The van der Waals surface area contributed by atoms with Crippen LogP contribution in [-0.2, 0) is 25.7 Å². The number of hydrogen-bond acceptors (Lipinski definition) is 2. The Kier molecular flexibility index (Phi) is 15.4. The Morgan fingerprint density at radius 3 is 0.909 bits per heavy atom. The number of hydrogen-bond donors (Lipinski definition) is 0. The summed E-state index contributed by atoms with van der Waals surface area (Å²) in [5, 5.41) is 0. The zero-order chi connectivity index (χ0) is 39.0. The number of carbonyl (C=O) groups excluding carboxylic acids is 1. The van der Waals surface area contributed by atoms with Gasteiger partial charge in [0.25, 0.3) is 0 Å². The predicted molar refractivity (Wildman–Crippen MR) is 244 cm³/mol. The molecular weight excluding hydrogens is 667 g/mol. The van der Waals surface area contributed by atoms with E-state index in [-0.39, 0.29) is 0 Å². The van der Waals surface area contributed by atoms with Crippen molar-refractivity contribution in [3.63, 3.8) is 0 Å². The molecule has 0 spiro atoms. The van der Waals surface area contributed by atoms with Gasteiger partial charge in [-0.1, -0.05) is 181 Å². The summed E-state index contributed by atoms with van der Waals surface area (Å²) in [5.41, 5.74) is 17.0. The number of rotatable bonds is 18. The van der Waals surface area contributed by atoms with Crippen molar-refractivity contribution in [2.24, 2.45) is 0 Å². The second-order valence-electron chi connectivity index (χ2n) is 14.8. The number of aryl methyl sites for hydroxylation is 4. The minimum absolute atomic E-state index is 0.835. The molecule has 0 aliphatic rings. The Hall–Kier alpha value is -5.47. The van der Waals surface area contributed by atoms with Crippen LogP contribution in [0.1, 0.15) is 130 Å². The van der Waals surface area contributed by atoms with Gasteiger partial charge in [0.2, 0.25) is 0 Å². The van der Waals surface area contributed by atoms with Crippen LogP contribution >= 0.6 is 0 Å². The Balaban J connectivity index is 1.30. The molecule has 5 rings (SSSR count). The van der Waals surface area contributed by atoms with Crippen molar-refractivity contribution in [2.75, 3.05) is 19.0 Å². The summed E-state index contributed by atoms with van der Waals surface area (Å²) < 4.78 is 0. The van der Waals surface area contributed by atoms with Gasteiger partial charge in [-0.15, -0.1) is 0 Å². The zero-order valence-electron chi connectivity index (χ0n) is 33.9. The van der Waals surface area contributed by atoms with Crippen molar-refractivity contribution in [1.29, 1.82) is 0 Å². The maximum absolute atomic E-state index is 11.8. The van der Waals surface area contributed by atoms with Crippen LogP contribution < -0.4 is 4.90 Å².